The van der Waals surface area contributed by atoms with Crippen molar-refractivity contribution in [3.63, 3.8) is 0 Å². The summed E-state index contributed by atoms with van der Waals surface area (Å²) in [4.78, 5) is 13.3. The van der Waals surface area contributed by atoms with Crippen molar-refractivity contribution in [2.45, 2.75) is 13.8 Å². The fourth-order valence-electron chi connectivity index (χ4n) is 1.67. The molecule has 0 atom stereocenters. The summed E-state index contributed by atoms with van der Waals surface area (Å²) < 4.78 is 1.65. The molecule has 2 rings (SSSR count). The van der Waals surface area contributed by atoms with E-state index >= 15 is 0 Å². The van der Waals surface area contributed by atoms with Gasteiger partial charge in [-0.25, -0.2) is 4.79 Å². The van der Waals surface area contributed by atoms with Gasteiger partial charge >= 0.3 is 11.9 Å². The molecule has 1 amide bonds. The molecule has 0 bridgehead atoms. The van der Waals surface area contributed by atoms with Crippen molar-refractivity contribution < 1.29 is 37.9 Å². The molecule has 0 saturated carbocycles. The van der Waals surface area contributed by atoms with Gasteiger partial charge in [-0.1, -0.05) is 32.0 Å². The van der Waals surface area contributed by atoms with E-state index in [-0.39, 0.29) is 42.5 Å². The van der Waals surface area contributed by atoms with E-state index in [1.807, 2.05) is 30.3 Å². The van der Waals surface area contributed by atoms with Crippen molar-refractivity contribution in [3.8, 4) is 0 Å². The Kier molecular flexibility index (Phi) is 6.12. The minimum atomic E-state index is -0.102. The number of carbonyl (C=O) groups excluding carboxylic acids is 1. The van der Waals surface area contributed by atoms with Crippen molar-refractivity contribution >= 4 is 29.6 Å². The highest BCUT2D eigenvalue weighted by atomic mass is 127. The second kappa shape index (κ2) is 7.14. The third kappa shape index (κ3) is 3.85. The summed E-state index contributed by atoms with van der Waals surface area (Å²) in [7, 11) is 0. The number of halogens is 1. The second-order valence-corrected chi connectivity index (χ2v) is 5.62. The molecule has 104 valence electrons. The molecule has 1 aromatic carbocycles. The summed E-state index contributed by atoms with van der Waals surface area (Å²) >= 11 is 1.49. The van der Waals surface area contributed by atoms with Crippen LogP contribution in [-0.2, 0) is 4.79 Å². The van der Waals surface area contributed by atoms with Crippen LogP contribution in [0.15, 0.2) is 30.3 Å². The number of hydrogen-bond donors (Lipinski definition) is 1. The zero-order chi connectivity index (χ0) is 13.1. The topological polar surface area (TPSA) is 43.6 Å². The molecule has 0 spiro atoms. The molecule has 19 heavy (non-hydrogen) atoms. The SMILES string of the molecule is CC(C)CS[N+]1=C(O)N(c2ccccc2)C(=O)C1.[I-]. The number of benzene rings is 1. The van der Waals surface area contributed by atoms with Gasteiger partial charge in [0.1, 0.15) is 5.69 Å². The van der Waals surface area contributed by atoms with Crippen molar-refractivity contribution in [2.24, 2.45) is 5.92 Å². The van der Waals surface area contributed by atoms with E-state index < -0.39 is 0 Å². The molecular weight excluding hydrogens is 375 g/mol. The van der Waals surface area contributed by atoms with Gasteiger partial charge in [0.2, 0.25) is 6.54 Å². The van der Waals surface area contributed by atoms with Crippen LogP contribution >= 0.6 is 11.9 Å². The lowest BCUT2D eigenvalue weighted by Gasteiger charge is -2.05. The average molecular weight is 392 g/mol. The standard InChI is InChI=1S/C13H16N2O2S.HI/c1-10(2)9-18-14-8-12(16)15(13(14)17)11-6-4-3-5-7-11;/h3-7,10H,8-9H2,1-2H3;1H. The van der Waals surface area contributed by atoms with Gasteiger partial charge < -0.3 is 29.1 Å². The molecule has 1 aliphatic heterocycles. The first kappa shape index (κ1) is 16.3. The van der Waals surface area contributed by atoms with Gasteiger partial charge in [-0.15, -0.1) is 4.90 Å². The number of carbonyl (C=O) groups is 1. The number of nitrogens with zero attached hydrogens (tertiary/aromatic N) is 2. The number of amidine groups is 1. The molecule has 0 saturated heterocycles. The molecule has 1 aliphatic rings. The van der Waals surface area contributed by atoms with E-state index in [0.29, 0.717) is 11.6 Å². The van der Waals surface area contributed by atoms with Gasteiger partial charge in [-0.2, -0.15) is 3.98 Å². The number of aliphatic hydroxyl groups is 1. The highest BCUT2D eigenvalue weighted by Gasteiger charge is 2.41. The van der Waals surface area contributed by atoms with Crippen LogP contribution in [0.1, 0.15) is 13.8 Å². The predicted molar refractivity (Wildman–Crippen MR) is 74.0 cm³/mol. The number of hydrogen-bond acceptors (Lipinski definition) is 2. The Hall–Kier alpha value is -0.760. The number of aliphatic hydroxyl groups excluding tert-OH is 1. The monoisotopic (exact) mass is 392 g/mol. The first-order chi connectivity index (χ1) is 8.59. The lowest BCUT2D eigenvalue weighted by atomic mass is 10.3. The van der Waals surface area contributed by atoms with E-state index in [1.54, 1.807) is 3.98 Å². The summed E-state index contributed by atoms with van der Waals surface area (Å²) in [5.74, 6) is 1.29. The Morgan fingerprint density at radius 2 is 2.00 bits per heavy atom. The van der Waals surface area contributed by atoms with Crippen LogP contribution in [0, 0.1) is 5.92 Å². The summed E-state index contributed by atoms with van der Waals surface area (Å²) in [6.45, 7) is 4.44. The van der Waals surface area contributed by atoms with E-state index in [2.05, 4.69) is 13.8 Å². The molecule has 0 unspecified atom stereocenters. The van der Waals surface area contributed by atoms with Crippen LogP contribution in [0.3, 0.4) is 0 Å². The van der Waals surface area contributed by atoms with Crippen LogP contribution in [0.5, 0.6) is 0 Å². The van der Waals surface area contributed by atoms with Gasteiger partial charge in [0.05, 0.1) is 11.9 Å². The van der Waals surface area contributed by atoms with Crippen LogP contribution in [0.2, 0.25) is 0 Å². The number of anilines is 1. The normalized spacial score (nSPS) is 15.1. The molecule has 0 radical (unpaired) electrons. The zero-order valence-electron chi connectivity index (χ0n) is 10.9. The van der Waals surface area contributed by atoms with Gasteiger partial charge in [-0.05, 0) is 18.1 Å². The van der Waals surface area contributed by atoms with Crippen molar-refractivity contribution in [1.82, 2.24) is 0 Å². The van der Waals surface area contributed by atoms with Gasteiger partial charge in [-0.3, -0.25) is 0 Å². The summed E-state index contributed by atoms with van der Waals surface area (Å²) in [6.07, 6.45) is 0. The third-order valence-electron chi connectivity index (χ3n) is 2.53. The fourth-order valence-corrected chi connectivity index (χ4v) is 2.54. The molecule has 4 nitrogen and oxygen atoms in total. The highest BCUT2D eigenvalue weighted by Crippen LogP contribution is 2.21. The Morgan fingerprint density at radius 3 is 2.58 bits per heavy atom. The predicted octanol–water partition coefficient (Wildman–Crippen LogP) is -0.732. The van der Waals surface area contributed by atoms with Crippen LogP contribution < -0.4 is 28.9 Å². The molecule has 0 aliphatic carbocycles. The van der Waals surface area contributed by atoms with Crippen molar-refractivity contribution in [2.75, 3.05) is 17.2 Å². The largest absolute Gasteiger partial charge is 1.00 e. The molecule has 6 heteroatoms. The van der Waals surface area contributed by atoms with Crippen LogP contribution in [-0.4, -0.2) is 33.3 Å². The first-order valence-electron chi connectivity index (χ1n) is 5.94. The number of amides is 1. The fraction of sp³-hybridized carbons (Fsp3) is 0.385. The molecule has 1 aromatic rings. The number of rotatable bonds is 4. The van der Waals surface area contributed by atoms with E-state index in [9.17, 15) is 9.90 Å². The minimum absolute atomic E-state index is 0. The van der Waals surface area contributed by atoms with E-state index in [1.165, 1.54) is 16.8 Å². The maximum absolute atomic E-state index is 11.9. The van der Waals surface area contributed by atoms with Gasteiger partial charge in [0.25, 0.3) is 0 Å². The number of para-hydroxylation sites is 1. The Labute approximate surface area is 134 Å². The van der Waals surface area contributed by atoms with Gasteiger partial charge in [0, 0.05) is 5.75 Å². The van der Waals surface area contributed by atoms with E-state index in [0.717, 1.165) is 5.75 Å². The zero-order valence-corrected chi connectivity index (χ0v) is 13.9. The van der Waals surface area contributed by atoms with Crippen LogP contribution in [0.4, 0.5) is 5.69 Å². The van der Waals surface area contributed by atoms with Crippen molar-refractivity contribution in [3.05, 3.63) is 30.3 Å². The van der Waals surface area contributed by atoms with E-state index in [4.69, 9.17) is 0 Å². The molecule has 0 aromatic heterocycles. The van der Waals surface area contributed by atoms with Gasteiger partial charge in [0.15, 0.2) is 0 Å². The summed E-state index contributed by atoms with van der Waals surface area (Å²) in [5, 5.41) is 10.1. The average Bonchev–Trinajstić information content (AvgIpc) is 2.63. The third-order valence-corrected chi connectivity index (χ3v) is 3.95. The molecule has 1 heterocycles. The molecule has 0 fully saturated rings. The maximum Gasteiger partial charge on any atom is 0.469 e. The maximum atomic E-state index is 11.9. The minimum Gasteiger partial charge on any atom is -1.00 e. The second-order valence-electron chi connectivity index (χ2n) is 4.59. The Balaban J connectivity index is 0.00000180. The summed E-state index contributed by atoms with van der Waals surface area (Å²) in [6, 6.07) is 9.21. The lowest BCUT2D eigenvalue weighted by Crippen LogP contribution is -3.00. The molecular formula is C13H17IN2O2S. The lowest BCUT2D eigenvalue weighted by molar-refractivity contribution is -0.338. The van der Waals surface area contributed by atoms with Crippen LogP contribution in [0.25, 0.3) is 0 Å². The highest BCUT2D eigenvalue weighted by molar-refractivity contribution is 7.93. The quantitative estimate of drug-likeness (QED) is 0.418. The summed E-state index contributed by atoms with van der Waals surface area (Å²) in [5.41, 5.74) is 0.702. The Morgan fingerprint density at radius 1 is 1.37 bits per heavy atom. The Bertz CT molecular complexity index is 477. The van der Waals surface area contributed by atoms with Crippen molar-refractivity contribution in [1.29, 1.82) is 0 Å². The molecule has 1 N–H and O–H groups in total. The smallest absolute Gasteiger partial charge is 0.469 e. The first-order valence-corrected chi connectivity index (χ1v) is 6.88.